The molecule has 5 rings (SSSR count). The molecule has 0 aliphatic heterocycles. The third kappa shape index (κ3) is 4.04. The van der Waals surface area contributed by atoms with E-state index in [1.807, 2.05) is 48.5 Å². The summed E-state index contributed by atoms with van der Waals surface area (Å²) < 4.78 is 5.62. The summed E-state index contributed by atoms with van der Waals surface area (Å²) in [5.41, 5.74) is 7.08. The second-order valence-electron chi connectivity index (χ2n) is 8.19. The third-order valence-corrected chi connectivity index (χ3v) is 6.23. The van der Waals surface area contributed by atoms with Crippen LogP contribution in [0.2, 0.25) is 0 Å². The van der Waals surface area contributed by atoms with Crippen LogP contribution in [0.5, 0.6) is 0 Å². The van der Waals surface area contributed by atoms with Crippen molar-refractivity contribution < 1.29 is 19.4 Å². The minimum Gasteiger partial charge on any atom is -0.478 e. The molecule has 4 aromatic rings. The fourth-order valence-corrected chi connectivity index (χ4v) is 4.66. The fraction of sp³-hybridized carbons (Fsp3) is 0.103. The minimum absolute atomic E-state index is 0.00659. The molecule has 5 heteroatoms. The van der Waals surface area contributed by atoms with Gasteiger partial charge in [-0.3, -0.25) is 0 Å². The molecule has 34 heavy (non-hydrogen) atoms. The van der Waals surface area contributed by atoms with Crippen molar-refractivity contribution in [3.05, 3.63) is 119 Å². The molecule has 0 atom stereocenters. The monoisotopic (exact) mass is 449 g/mol. The van der Waals surface area contributed by atoms with Crippen LogP contribution >= 0.6 is 0 Å². The van der Waals surface area contributed by atoms with Crippen LogP contribution < -0.4 is 5.32 Å². The van der Waals surface area contributed by atoms with Gasteiger partial charge in [-0.05, 0) is 45.0 Å². The summed E-state index contributed by atoms with van der Waals surface area (Å²) in [5, 5.41) is 12.4. The maximum absolute atomic E-state index is 12.6. The number of amides is 1. The van der Waals surface area contributed by atoms with Gasteiger partial charge in [0.05, 0.1) is 5.56 Å². The average molecular weight is 450 g/mol. The fourth-order valence-electron chi connectivity index (χ4n) is 4.66. The molecule has 1 aliphatic carbocycles. The minimum atomic E-state index is -0.991. The molecular formula is C29H23NO4. The van der Waals surface area contributed by atoms with Crippen LogP contribution in [0.25, 0.3) is 22.3 Å². The number of hydrogen-bond donors (Lipinski definition) is 2. The van der Waals surface area contributed by atoms with E-state index in [0.29, 0.717) is 5.56 Å². The van der Waals surface area contributed by atoms with Crippen LogP contribution in [0, 0.1) is 0 Å². The van der Waals surface area contributed by atoms with E-state index in [4.69, 9.17) is 4.74 Å². The van der Waals surface area contributed by atoms with E-state index >= 15 is 0 Å². The maximum atomic E-state index is 12.6. The van der Waals surface area contributed by atoms with E-state index < -0.39 is 12.1 Å². The number of alkyl carbamates (subject to hydrolysis) is 1. The van der Waals surface area contributed by atoms with Gasteiger partial charge in [0.2, 0.25) is 0 Å². The summed E-state index contributed by atoms with van der Waals surface area (Å²) in [7, 11) is 0. The number of carbonyl (C=O) groups is 2. The molecule has 0 unspecified atom stereocenters. The van der Waals surface area contributed by atoms with E-state index in [1.54, 1.807) is 24.3 Å². The highest BCUT2D eigenvalue weighted by atomic mass is 16.5. The molecule has 0 bridgehead atoms. The van der Waals surface area contributed by atoms with E-state index in [9.17, 15) is 14.7 Å². The number of carboxylic acids is 1. The van der Waals surface area contributed by atoms with Gasteiger partial charge in [-0.25, -0.2) is 9.59 Å². The van der Waals surface area contributed by atoms with Gasteiger partial charge in [-0.2, -0.15) is 0 Å². The van der Waals surface area contributed by atoms with Crippen molar-refractivity contribution in [3.63, 3.8) is 0 Å². The quantitative estimate of drug-likeness (QED) is 0.373. The van der Waals surface area contributed by atoms with E-state index in [1.165, 1.54) is 11.1 Å². The van der Waals surface area contributed by atoms with Gasteiger partial charge in [-0.1, -0.05) is 91.0 Å². The lowest BCUT2D eigenvalue weighted by molar-refractivity contribution is 0.0697. The highest BCUT2D eigenvalue weighted by molar-refractivity contribution is 5.96. The zero-order chi connectivity index (χ0) is 23.5. The number of fused-ring (bicyclic) bond motifs is 3. The summed E-state index contributed by atoms with van der Waals surface area (Å²) >= 11 is 0. The van der Waals surface area contributed by atoms with Crippen molar-refractivity contribution in [2.45, 2.75) is 12.5 Å². The van der Waals surface area contributed by atoms with Gasteiger partial charge in [-0.15, -0.1) is 0 Å². The topological polar surface area (TPSA) is 75.6 Å². The van der Waals surface area contributed by atoms with Crippen LogP contribution in [0.1, 0.15) is 33.0 Å². The first-order chi connectivity index (χ1) is 16.6. The lowest BCUT2D eigenvalue weighted by Crippen LogP contribution is -2.26. The first kappa shape index (κ1) is 21.5. The summed E-state index contributed by atoms with van der Waals surface area (Å²) in [6, 6.07) is 30.7. The first-order valence-electron chi connectivity index (χ1n) is 11.1. The highest BCUT2D eigenvalue weighted by Gasteiger charge is 2.29. The summed E-state index contributed by atoms with van der Waals surface area (Å²) in [6.07, 6.45) is -0.511. The van der Waals surface area contributed by atoms with Gasteiger partial charge in [0.1, 0.15) is 6.61 Å². The van der Waals surface area contributed by atoms with Gasteiger partial charge in [0.15, 0.2) is 0 Å². The Labute approximate surface area is 197 Å². The predicted molar refractivity (Wildman–Crippen MR) is 131 cm³/mol. The second-order valence-corrected chi connectivity index (χ2v) is 8.19. The first-order valence-corrected chi connectivity index (χ1v) is 11.1. The second kappa shape index (κ2) is 9.24. The molecule has 0 saturated heterocycles. The third-order valence-electron chi connectivity index (χ3n) is 6.23. The van der Waals surface area contributed by atoms with Crippen LogP contribution in [0.3, 0.4) is 0 Å². The lowest BCUT2D eigenvalue weighted by atomic mass is 9.95. The zero-order valence-corrected chi connectivity index (χ0v) is 18.4. The number of benzene rings is 4. The Morgan fingerprint density at radius 3 is 1.88 bits per heavy atom. The Morgan fingerprint density at radius 1 is 0.706 bits per heavy atom. The Kier molecular flexibility index (Phi) is 5.83. The predicted octanol–water partition coefficient (Wildman–Crippen LogP) is 6.09. The average Bonchev–Trinajstić information content (AvgIpc) is 3.20. The largest absolute Gasteiger partial charge is 0.478 e. The molecule has 2 N–H and O–H groups in total. The Morgan fingerprint density at radius 2 is 1.24 bits per heavy atom. The SMILES string of the molecule is O=C(NCc1ccccc1-c1ccccc1C(=O)O)OCC1c2ccccc2-c2ccccc21. The summed E-state index contributed by atoms with van der Waals surface area (Å²) in [5.74, 6) is -0.997. The summed E-state index contributed by atoms with van der Waals surface area (Å²) in [6.45, 7) is 0.462. The molecule has 0 saturated carbocycles. The molecule has 1 amide bonds. The number of aromatic carboxylic acids is 1. The molecule has 168 valence electrons. The van der Waals surface area contributed by atoms with Gasteiger partial charge < -0.3 is 15.2 Å². The number of hydrogen-bond acceptors (Lipinski definition) is 3. The van der Waals surface area contributed by atoms with Crippen LogP contribution in [0.15, 0.2) is 97.1 Å². The molecule has 0 fully saturated rings. The standard InChI is InChI=1S/C29H23NO4/c31-28(32)26-16-8-7-11-21(26)20-10-2-1-9-19(20)17-30-29(33)34-18-27-24-14-5-3-12-22(24)23-13-4-6-15-25(23)27/h1-16,27H,17-18H2,(H,30,33)(H,31,32). The molecule has 0 heterocycles. The number of rotatable bonds is 6. The van der Waals surface area contributed by atoms with E-state index in [-0.39, 0.29) is 24.6 Å². The van der Waals surface area contributed by atoms with E-state index in [2.05, 4.69) is 29.6 Å². The van der Waals surface area contributed by atoms with Gasteiger partial charge >= 0.3 is 12.1 Å². The van der Waals surface area contributed by atoms with Crippen molar-refractivity contribution in [2.24, 2.45) is 0 Å². The molecule has 5 nitrogen and oxygen atoms in total. The Bertz CT molecular complexity index is 1330. The van der Waals surface area contributed by atoms with Crippen molar-refractivity contribution >= 4 is 12.1 Å². The number of carbonyl (C=O) groups excluding carboxylic acids is 1. The van der Waals surface area contributed by atoms with E-state index in [0.717, 1.165) is 22.3 Å². The lowest BCUT2D eigenvalue weighted by Gasteiger charge is -2.16. The van der Waals surface area contributed by atoms with Crippen molar-refractivity contribution in [2.75, 3.05) is 6.61 Å². The smallest absolute Gasteiger partial charge is 0.407 e. The van der Waals surface area contributed by atoms with Crippen molar-refractivity contribution in [3.8, 4) is 22.3 Å². The van der Waals surface area contributed by atoms with Gasteiger partial charge in [0.25, 0.3) is 0 Å². The Balaban J connectivity index is 1.29. The normalized spacial score (nSPS) is 12.0. The van der Waals surface area contributed by atoms with Crippen molar-refractivity contribution in [1.82, 2.24) is 5.32 Å². The van der Waals surface area contributed by atoms with Crippen molar-refractivity contribution in [1.29, 1.82) is 0 Å². The highest BCUT2D eigenvalue weighted by Crippen LogP contribution is 2.44. The van der Waals surface area contributed by atoms with Crippen LogP contribution in [0.4, 0.5) is 4.79 Å². The number of carboxylic acid groups (broad SMARTS) is 1. The Hall–Kier alpha value is -4.38. The molecule has 0 spiro atoms. The number of nitrogens with one attached hydrogen (secondary N) is 1. The molecule has 0 radical (unpaired) electrons. The van der Waals surface area contributed by atoms with Crippen LogP contribution in [-0.2, 0) is 11.3 Å². The zero-order valence-electron chi connectivity index (χ0n) is 18.4. The molecule has 4 aromatic carbocycles. The maximum Gasteiger partial charge on any atom is 0.407 e. The molecule has 1 aliphatic rings. The molecule has 0 aromatic heterocycles. The van der Waals surface area contributed by atoms with Gasteiger partial charge in [0, 0.05) is 12.5 Å². The van der Waals surface area contributed by atoms with Crippen LogP contribution in [-0.4, -0.2) is 23.8 Å². The molecular weight excluding hydrogens is 426 g/mol. The number of ether oxygens (including phenoxy) is 1. The summed E-state index contributed by atoms with van der Waals surface area (Å²) in [4.78, 5) is 24.3.